The van der Waals surface area contributed by atoms with Crippen molar-refractivity contribution in [2.24, 2.45) is 5.92 Å². The van der Waals surface area contributed by atoms with Crippen LogP contribution in [0.15, 0.2) is 12.1 Å². The minimum atomic E-state index is -0.725. The number of hydrogen-bond acceptors (Lipinski definition) is 7. The van der Waals surface area contributed by atoms with E-state index in [2.05, 4.69) is 4.74 Å². The molecule has 172 valence electrons. The molecule has 8 heteroatoms. The smallest absolute Gasteiger partial charge is 0.338 e. The van der Waals surface area contributed by atoms with Gasteiger partial charge in [0.15, 0.2) is 18.4 Å². The standard InChI is InChI=1S/C23H32FNO6/c1-28-22(27)18-8-9-20(21(24)19(18)14-26)25-12-10-17(11-13-25)31-16-6-4-15(5-7-16)23(29-2)30-3/h8-9,14-17,23H,4-7,10-13H2,1-3H3/t15-,16-. The lowest BCUT2D eigenvalue weighted by atomic mass is 9.86. The minimum Gasteiger partial charge on any atom is -0.465 e. The molecule has 1 aliphatic heterocycles. The lowest BCUT2D eigenvalue weighted by molar-refractivity contribution is -0.153. The van der Waals surface area contributed by atoms with Crippen molar-refractivity contribution in [1.82, 2.24) is 0 Å². The topological polar surface area (TPSA) is 74.3 Å². The van der Waals surface area contributed by atoms with Crippen LogP contribution in [0.25, 0.3) is 0 Å². The van der Waals surface area contributed by atoms with Crippen molar-refractivity contribution < 1.29 is 32.9 Å². The number of rotatable bonds is 8. The van der Waals surface area contributed by atoms with Crippen molar-refractivity contribution in [2.45, 2.75) is 57.0 Å². The Morgan fingerprint density at radius 2 is 1.65 bits per heavy atom. The normalized spacial score (nSPS) is 22.5. The molecule has 0 aromatic heterocycles. The largest absolute Gasteiger partial charge is 0.465 e. The maximum Gasteiger partial charge on any atom is 0.338 e. The first-order chi connectivity index (χ1) is 15.0. The summed E-state index contributed by atoms with van der Waals surface area (Å²) in [5, 5.41) is 0. The van der Waals surface area contributed by atoms with Gasteiger partial charge in [0, 0.05) is 33.2 Å². The van der Waals surface area contributed by atoms with E-state index in [1.165, 1.54) is 13.2 Å². The molecule has 1 saturated carbocycles. The molecule has 1 heterocycles. The quantitative estimate of drug-likeness (QED) is 0.350. The SMILES string of the molecule is COC(=O)c1ccc(N2CCC(O[C@H]3CC[C@H](C(OC)OC)CC3)CC2)c(F)c1C=O. The summed E-state index contributed by atoms with van der Waals surface area (Å²) >= 11 is 0. The zero-order valence-corrected chi connectivity index (χ0v) is 18.5. The summed E-state index contributed by atoms with van der Waals surface area (Å²) in [5.74, 6) is -1.00. The summed E-state index contributed by atoms with van der Waals surface area (Å²) < 4.78 is 36.6. The van der Waals surface area contributed by atoms with E-state index < -0.39 is 11.8 Å². The van der Waals surface area contributed by atoms with Crippen LogP contribution < -0.4 is 4.90 Å². The van der Waals surface area contributed by atoms with Gasteiger partial charge in [-0.1, -0.05) is 0 Å². The second-order valence-electron chi connectivity index (χ2n) is 8.17. The van der Waals surface area contributed by atoms with Crippen LogP contribution in [0.1, 0.15) is 59.2 Å². The molecule has 0 unspecified atom stereocenters. The fourth-order valence-electron chi connectivity index (χ4n) is 4.71. The number of ether oxygens (including phenoxy) is 4. The number of halogens is 1. The van der Waals surface area contributed by atoms with Crippen molar-refractivity contribution in [2.75, 3.05) is 39.3 Å². The first-order valence-corrected chi connectivity index (χ1v) is 10.8. The fourth-order valence-corrected chi connectivity index (χ4v) is 4.71. The second kappa shape index (κ2) is 11.0. The molecular weight excluding hydrogens is 405 g/mol. The van der Waals surface area contributed by atoms with Crippen molar-refractivity contribution in [1.29, 1.82) is 0 Å². The van der Waals surface area contributed by atoms with E-state index >= 15 is 0 Å². The fraction of sp³-hybridized carbons (Fsp3) is 0.652. The van der Waals surface area contributed by atoms with Gasteiger partial charge in [-0.25, -0.2) is 9.18 Å². The van der Waals surface area contributed by atoms with Gasteiger partial charge in [0.1, 0.15) is 0 Å². The number of hydrogen-bond donors (Lipinski definition) is 0. The lowest BCUT2D eigenvalue weighted by Crippen LogP contribution is -2.40. The average Bonchev–Trinajstić information content (AvgIpc) is 2.81. The molecule has 2 fully saturated rings. The highest BCUT2D eigenvalue weighted by atomic mass is 19.1. The summed E-state index contributed by atoms with van der Waals surface area (Å²) in [5.41, 5.74) is 0.0144. The van der Waals surface area contributed by atoms with Gasteiger partial charge in [-0.05, 0) is 50.7 Å². The van der Waals surface area contributed by atoms with Crippen molar-refractivity contribution in [3.8, 4) is 0 Å². The Labute approximate surface area is 182 Å². The number of methoxy groups -OCH3 is 3. The number of piperidine rings is 1. The van der Waals surface area contributed by atoms with Crippen molar-refractivity contribution in [3.05, 3.63) is 29.1 Å². The highest BCUT2D eigenvalue weighted by Gasteiger charge is 2.31. The van der Waals surface area contributed by atoms with Gasteiger partial charge >= 0.3 is 5.97 Å². The van der Waals surface area contributed by atoms with Gasteiger partial charge in [0.25, 0.3) is 0 Å². The molecule has 1 aromatic carbocycles. The molecule has 0 atom stereocenters. The Balaban J connectivity index is 1.53. The molecule has 1 aliphatic carbocycles. The monoisotopic (exact) mass is 437 g/mol. The van der Waals surface area contributed by atoms with E-state index in [-0.39, 0.29) is 29.6 Å². The Morgan fingerprint density at radius 1 is 1.03 bits per heavy atom. The number of nitrogens with zero attached hydrogens (tertiary/aromatic N) is 1. The third-order valence-corrected chi connectivity index (χ3v) is 6.42. The van der Waals surface area contributed by atoms with Crippen molar-refractivity contribution in [3.63, 3.8) is 0 Å². The number of benzene rings is 1. The van der Waals surface area contributed by atoms with E-state index in [0.29, 0.717) is 31.0 Å². The van der Waals surface area contributed by atoms with Crippen LogP contribution in [0.5, 0.6) is 0 Å². The predicted octanol–water partition coefficient (Wildman–Crippen LogP) is 3.59. The summed E-state index contributed by atoms with van der Waals surface area (Å²) in [7, 11) is 4.55. The molecule has 1 saturated heterocycles. The molecule has 3 rings (SSSR count). The Hall–Kier alpha value is -2.03. The van der Waals surface area contributed by atoms with Crippen LogP contribution in [0.4, 0.5) is 10.1 Å². The first-order valence-electron chi connectivity index (χ1n) is 10.8. The molecule has 0 spiro atoms. The Kier molecular flexibility index (Phi) is 8.40. The summed E-state index contributed by atoms with van der Waals surface area (Å²) in [6.07, 6.45) is 6.17. The highest BCUT2D eigenvalue weighted by molar-refractivity contribution is 5.99. The van der Waals surface area contributed by atoms with Crippen LogP contribution in [0, 0.1) is 11.7 Å². The number of esters is 1. The zero-order valence-electron chi connectivity index (χ0n) is 18.5. The molecule has 0 bridgehead atoms. The van der Waals surface area contributed by atoms with Gasteiger partial charge in [-0.2, -0.15) is 0 Å². The van der Waals surface area contributed by atoms with Crippen LogP contribution in [0.2, 0.25) is 0 Å². The summed E-state index contributed by atoms with van der Waals surface area (Å²) in [6, 6.07) is 2.99. The van der Waals surface area contributed by atoms with Crippen LogP contribution in [-0.4, -0.2) is 65.2 Å². The third-order valence-electron chi connectivity index (χ3n) is 6.42. The molecule has 0 amide bonds. The van der Waals surface area contributed by atoms with Gasteiger partial charge < -0.3 is 23.8 Å². The highest BCUT2D eigenvalue weighted by Crippen LogP contribution is 2.33. The number of carbonyl (C=O) groups is 2. The third kappa shape index (κ3) is 5.42. The maximum atomic E-state index is 14.9. The molecular formula is C23H32FNO6. The molecule has 0 N–H and O–H groups in total. The van der Waals surface area contributed by atoms with Crippen LogP contribution >= 0.6 is 0 Å². The molecule has 0 radical (unpaired) electrons. The van der Waals surface area contributed by atoms with Crippen LogP contribution in [-0.2, 0) is 18.9 Å². The first kappa shape index (κ1) is 23.6. The van der Waals surface area contributed by atoms with E-state index in [0.717, 1.165) is 38.5 Å². The molecule has 2 aliphatic rings. The number of aldehydes is 1. The number of carbonyl (C=O) groups excluding carboxylic acids is 2. The van der Waals surface area contributed by atoms with E-state index in [1.807, 2.05) is 4.90 Å². The van der Waals surface area contributed by atoms with E-state index in [4.69, 9.17) is 14.2 Å². The predicted molar refractivity (Wildman–Crippen MR) is 113 cm³/mol. The molecule has 31 heavy (non-hydrogen) atoms. The average molecular weight is 438 g/mol. The maximum absolute atomic E-state index is 14.9. The zero-order chi connectivity index (χ0) is 22.4. The van der Waals surface area contributed by atoms with Gasteiger partial charge in [-0.3, -0.25) is 4.79 Å². The summed E-state index contributed by atoms with van der Waals surface area (Å²) in [6.45, 7) is 1.25. The van der Waals surface area contributed by atoms with Gasteiger partial charge in [0.2, 0.25) is 0 Å². The van der Waals surface area contributed by atoms with E-state index in [9.17, 15) is 14.0 Å². The van der Waals surface area contributed by atoms with E-state index in [1.54, 1.807) is 20.3 Å². The number of anilines is 1. The molecule has 7 nitrogen and oxygen atoms in total. The minimum absolute atomic E-state index is 0.0586. The molecule has 1 aromatic rings. The van der Waals surface area contributed by atoms with Crippen molar-refractivity contribution >= 4 is 17.9 Å². The van der Waals surface area contributed by atoms with Gasteiger partial charge in [0.05, 0.1) is 36.1 Å². The lowest BCUT2D eigenvalue weighted by Gasteiger charge is -2.38. The second-order valence-corrected chi connectivity index (χ2v) is 8.17. The van der Waals surface area contributed by atoms with Crippen LogP contribution in [0.3, 0.4) is 0 Å². The Bertz CT molecular complexity index is 753. The summed E-state index contributed by atoms with van der Waals surface area (Å²) in [4.78, 5) is 25.0. The van der Waals surface area contributed by atoms with Gasteiger partial charge in [-0.15, -0.1) is 0 Å². The Morgan fingerprint density at radius 3 is 2.19 bits per heavy atom.